The first-order valence-corrected chi connectivity index (χ1v) is 9.67. The minimum absolute atomic E-state index is 0. The van der Waals surface area contributed by atoms with Crippen molar-refractivity contribution < 1.29 is 22.8 Å². The van der Waals surface area contributed by atoms with E-state index in [1.54, 1.807) is 4.90 Å². The van der Waals surface area contributed by atoms with Gasteiger partial charge in [0.15, 0.2) is 0 Å². The lowest BCUT2D eigenvalue weighted by molar-refractivity contribution is -0.138. The van der Waals surface area contributed by atoms with Gasteiger partial charge in [-0.3, -0.25) is 9.59 Å². The fourth-order valence-corrected chi connectivity index (χ4v) is 4.17. The fourth-order valence-electron chi connectivity index (χ4n) is 4.17. The standard InChI is InChI=1S/C20H26F3N3O2.ClH/c1-13-10-14(11-24)12-26(13)19(28)16-6-8-25(9-7-16)18(27)15-2-4-17(5-3-15)20(21,22)23;/h2-5,13-14,16H,6-12,24H2,1H3;1H. The number of benzene rings is 1. The predicted octanol–water partition coefficient (Wildman–Crippen LogP) is 3.18. The quantitative estimate of drug-likeness (QED) is 0.796. The summed E-state index contributed by atoms with van der Waals surface area (Å²) in [6, 6.07) is 4.45. The molecule has 1 aromatic rings. The summed E-state index contributed by atoms with van der Waals surface area (Å²) in [6.45, 7) is 4.17. The van der Waals surface area contributed by atoms with E-state index in [1.807, 2.05) is 11.8 Å². The van der Waals surface area contributed by atoms with Gasteiger partial charge in [-0.2, -0.15) is 13.2 Å². The molecule has 2 aliphatic rings. The van der Waals surface area contributed by atoms with Crippen molar-refractivity contribution in [3.8, 4) is 0 Å². The van der Waals surface area contributed by atoms with Gasteiger partial charge in [-0.1, -0.05) is 0 Å². The van der Waals surface area contributed by atoms with E-state index in [-0.39, 0.29) is 41.7 Å². The van der Waals surface area contributed by atoms with Gasteiger partial charge in [0.1, 0.15) is 0 Å². The van der Waals surface area contributed by atoms with Crippen molar-refractivity contribution in [1.29, 1.82) is 0 Å². The van der Waals surface area contributed by atoms with Crippen molar-refractivity contribution in [3.05, 3.63) is 35.4 Å². The Balaban J connectivity index is 0.00000300. The maximum absolute atomic E-state index is 12.8. The van der Waals surface area contributed by atoms with E-state index in [1.165, 1.54) is 12.1 Å². The minimum atomic E-state index is -4.42. The Kier molecular flexibility index (Phi) is 7.56. The highest BCUT2D eigenvalue weighted by Crippen LogP contribution is 2.30. The second kappa shape index (κ2) is 9.34. The second-order valence-electron chi connectivity index (χ2n) is 7.82. The first-order valence-electron chi connectivity index (χ1n) is 9.67. The van der Waals surface area contributed by atoms with Gasteiger partial charge in [0.05, 0.1) is 5.56 Å². The largest absolute Gasteiger partial charge is 0.416 e. The summed E-state index contributed by atoms with van der Waals surface area (Å²) >= 11 is 0. The highest BCUT2D eigenvalue weighted by molar-refractivity contribution is 5.94. The lowest BCUT2D eigenvalue weighted by atomic mass is 9.94. The molecule has 2 N–H and O–H groups in total. The Morgan fingerprint density at radius 3 is 2.21 bits per heavy atom. The molecular formula is C20H27ClF3N3O2. The molecule has 3 rings (SSSR count). The Morgan fingerprint density at radius 2 is 1.72 bits per heavy atom. The van der Waals surface area contributed by atoms with Crippen LogP contribution in [-0.2, 0) is 11.0 Å². The number of hydrogen-bond acceptors (Lipinski definition) is 3. The molecule has 29 heavy (non-hydrogen) atoms. The third-order valence-electron chi connectivity index (χ3n) is 5.87. The van der Waals surface area contributed by atoms with Crippen LogP contribution in [0.5, 0.6) is 0 Å². The van der Waals surface area contributed by atoms with E-state index in [0.29, 0.717) is 44.9 Å². The number of rotatable bonds is 3. The monoisotopic (exact) mass is 433 g/mol. The van der Waals surface area contributed by atoms with Crippen molar-refractivity contribution in [2.75, 3.05) is 26.2 Å². The first-order chi connectivity index (χ1) is 13.2. The van der Waals surface area contributed by atoms with Crippen LogP contribution in [-0.4, -0.2) is 53.8 Å². The van der Waals surface area contributed by atoms with Crippen LogP contribution < -0.4 is 5.73 Å². The predicted molar refractivity (Wildman–Crippen MR) is 106 cm³/mol. The van der Waals surface area contributed by atoms with Crippen molar-refractivity contribution >= 4 is 24.2 Å². The van der Waals surface area contributed by atoms with Gasteiger partial charge < -0.3 is 15.5 Å². The number of piperidine rings is 1. The molecule has 2 amide bonds. The van der Waals surface area contributed by atoms with E-state index in [4.69, 9.17) is 5.73 Å². The summed E-state index contributed by atoms with van der Waals surface area (Å²) in [5, 5.41) is 0. The molecule has 0 aromatic heterocycles. The van der Waals surface area contributed by atoms with Crippen molar-refractivity contribution in [3.63, 3.8) is 0 Å². The summed E-state index contributed by atoms with van der Waals surface area (Å²) in [7, 11) is 0. The number of nitrogens with two attached hydrogens (primary N) is 1. The number of halogens is 4. The maximum atomic E-state index is 12.8. The molecule has 2 saturated heterocycles. The SMILES string of the molecule is CC1CC(CN)CN1C(=O)C1CCN(C(=O)c2ccc(C(F)(F)F)cc2)CC1.Cl. The number of alkyl halides is 3. The van der Waals surface area contributed by atoms with Gasteiger partial charge in [-0.05, 0) is 62.9 Å². The van der Waals surface area contributed by atoms with Gasteiger partial charge in [0.2, 0.25) is 5.91 Å². The van der Waals surface area contributed by atoms with E-state index in [0.717, 1.165) is 18.6 Å². The van der Waals surface area contributed by atoms with Crippen LogP contribution in [0.25, 0.3) is 0 Å². The normalized spacial score (nSPS) is 23.1. The van der Waals surface area contributed by atoms with E-state index in [2.05, 4.69) is 0 Å². The van der Waals surface area contributed by atoms with E-state index >= 15 is 0 Å². The molecule has 2 heterocycles. The topological polar surface area (TPSA) is 66.6 Å². The summed E-state index contributed by atoms with van der Waals surface area (Å²) in [6.07, 6.45) is -2.35. The van der Waals surface area contributed by atoms with E-state index in [9.17, 15) is 22.8 Å². The van der Waals surface area contributed by atoms with Crippen LogP contribution in [0, 0.1) is 11.8 Å². The van der Waals surface area contributed by atoms with Crippen molar-refractivity contribution in [1.82, 2.24) is 9.80 Å². The van der Waals surface area contributed by atoms with Gasteiger partial charge in [0, 0.05) is 37.2 Å². The zero-order valence-corrected chi connectivity index (χ0v) is 17.1. The zero-order valence-electron chi connectivity index (χ0n) is 16.3. The Bertz CT molecular complexity index is 719. The fraction of sp³-hybridized carbons (Fsp3) is 0.600. The molecule has 0 saturated carbocycles. The number of amides is 2. The summed E-state index contributed by atoms with van der Waals surface area (Å²) in [5.74, 6) is 0.0679. The van der Waals surface area contributed by atoms with Crippen LogP contribution >= 0.6 is 12.4 Å². The lowest BCUT2D eigenvalue weighted by Crippen LogP contribution is -2.45. The molecule has 0 aliphatic carbocycles. The van der Waals surface area contributed by atoms with Crippen molar-refractivity contribution in [2.45, 2.75) is 38.4 Å². The summed E-state index contributed by atoms with van der Waals surface area (Å²) < 4.78 is 38.0. The van der Waals surface area contributed by atoms with Crippen LogP contribution in [0.1, 0.15) is 42.1 Å². The number of hydrogen-bond donors (Lipinski definition) is 1. The number of nitrogens with zero attached hydrogens (tertiary/aromatic N) is 2. The van der Waals surface area contributed by atoms with Gasteiger partial charge >= 0.3 is 6.18 Å². The summed E-state index contributed by atoms with van der Waals surface area (Å²) in [5.41, 5.74) is 5.19. The zero-order chi connectivity index (χ0) is 20.5. The minimum Gasteiger partial charge on any atom is -0.339 e. The molecule has 0 radical (unpaired) electrons. The van der Waals surface area contributed by atoms with E-state index < -0.39 is 11.7 Å². The maximum Gasteiger partial charge on any atom is 0.416 e. The average Bonchev–Trinajstić information content (AvgIpc) is 3.07. The van der Waals surface area contributed by atoms with Crippen LogP contribution in [0.4, 0.5) is 13.2 Å². The summed E-state index contributed by atoms with van der Waals surface area (Å²) in [4.78, 5) is 28.9. The molecular weight excluding hydrogens is 407 g/mol. The van der Waals surface area contributed by atoms with Crippen molar-refractivity contribution in [2.24, 2.45) is 17.6 Å². The average molecular weight is 434 g/mol. The third-order valence-corrected chi connectivity index (χ3v) is 5.87. The van der Waals surface area contributed by atoms with Gasteiger partial charge in [0.25, 0.3) is 5.91 Å². The van der Waals surface area contributed by atoms with Gasteiger partial charge in [-0.15, -0.1) is 12.4 Å². The molecule has 1 aromatic carbocycles. The molecule has 2 fully saturated rings. The Labute approximate surface area is 174 Å². The smallest absolute Gasteiger partial charge is 0.339 e. The highest BCUT2D eigenvalue weighted by atomic mass is 35.5. The number of carbonyl (C=O) groups excluding carboxylic acids is 2. The number of carbonyl (C=O) groups is 2. The Morgan fingerprint density at radius 1 is 1.14 bits per heavy atom. The first kappa shape index (κ1) is 23.5. The molecule has 5 nitrogen and oxygen atoms in total. The third kappa shape index (κ3) is 5.22. The van der Waals surface area contributed by atoms with Crippen LogP contribution in [0.15, 0.2) is 24.3 Å². The molecule has 162 valence electrons. The van der Waals surface area contributed by atoms with Gasteiger partial charge in [-0.25, -0.2) is 0 Å². The highest BCUT2D eigenvalue weighted by Gasteiger charge is 2.37. The molecule has 0 bridgehead atoms. The molecule has 2 atom stereocenters. The second-order valence-corrected chi connectivity index (χ2v) is 7.82. The molecule has 9 heteroatoms. The van der Waals surface area contributed by atoms with Crippen LogP contribution in [0.3, 0.4) is 0 Å². The number of likely N-dealkylation sites (tertiary alicyclic amines) is 2. The molecule has 2 aliphatic heterocycles. The molecule has 0 spiro atoms. The molecule has 2 unspecified atom stereocenters. The Hall–Kier alpha value is -1.80. The van der Waals surface area contributed by atoms with Crippen LogP contribution in [0.2, 0.25) is 0 Å². The lowest BCUT2D eigenvalue weighted by Gasteiger charge is -2.34.